The third kappa shape index (κ3) is 35.3. The molecule has 496 valence electrons. The van der Waals surface area contributed by atoms with E-state index in [9.17, 15) is 78.0 Å². The number of amides is 11. The van der Waals surface area contributed by atoms with Gasteiger partial charge < -0.3 is 101 Å². The van der Waals surface area contributed by atoms with Crippen LogP contribution in [-0.4, -0.2) is 197 Å². The average molecular weight is 1240 g/mol. The number of carboxylic acids is 1. The maximum Gasteiger partial charge on any atom is 0.305 e. The van der Waals surface area contributed by atoms with Gasteiger partial charge in [0.2, 0.25) is 65.0 Å². The molecule has 33 heteroatoms. The van der Waals surface area contributed by atoms with Crippen molar-refractivity contribution >= 4 is 82.9 Å². The fourth-order valence-corrected chi connectivity index (χ4v) is 8.52. The molecule has 0 aliphatic heterocycles. The second-order valence-corrected chi connectivity index (χ2v) is 21.3. The number of likely N-dealkylation sites (N-methyl/N-ethyl adjacent to an activating group) is 1. The van der Waals surface area contributed by atoms with E-state index in [4.69, 9.17) is 28.0 Å². The van der Waals surface area contributed by atoms with Gasteiger partial charge in [-0.1, -0.05) is 84.0 Å². The Morgan fingerprint density at radius 2 is 0.782 bits per heavy atom. The normalized spacial score (nSPS) is 14.7. The summed E-state index contributed by atoms with van der Waals surface area (Å²) in [6.45, 7) is 5.85. The number of nitrogens with two attached hydrogens (primary N) is 3. The lowest BCUT2D eigenvalue weighted by Crippen LogP contribution is -2.62. The zero-order chi connectivity index (χ0) is 66.2. The first-order valence-electron chi connectivity index (χ1n) is 29.6. The minimum absolute atomic E-state index is 0.000777. The topological polar surface area (TPSA) is 556 Å². The molecule has 0 rings (SSSR count). The molecular weight excluding hydrogens is 1140 g/mol. The summed E-state index contributed by atoms with van der Waals surface area (Å²) in [7, 11) is 1.29. The number of hydrogen-bond acceptors (Lipinski definition) is 17. The van der Waals surface area contributed by atoms with Gasteiger partial charge in [-0.05, 0) is 59.8 Å². The Balaban J connectivity index is 5.94. The van der Waals surface area contributed by atoms with Crippen LogP contribution in [0.3, 0.4) is 0 Å². The molecule has 11 atom stereocenters. The van der Waals surface area contributed by atoms with Crippen LogP contribution in [0.2, 0.25) is 0 Å². The zero-order valence-corrected chi connectivity index (χ0v) is 51.0. The van der Waals surface area contributed by atoms with Crippen LogP contribution in [0, 0.1) is 10.8 Å². The summed E-state index contributed by atoms with van der Waals surface area (Å²) >= 11 is 0. The molecule has 0 aromatic heterocycles. The van der Waals surface area contributed by atoms with Crippen molar-refractivity contribution in [3.8, 4) is 0 Å². The maximum atomic E-state index is 13.8. The number of primary amides is 1. The van der Waals surface area contributed by atoms with E-state index in [1.165, 1.54) is 72.8 Å². The number of rotatable bonds is 47. The van der Waals surface area contributed by atoms with Crippen LogP contribution in [0.1, 0.15) is 163 Å². The first-order chi connectivity index (χ1) is 41.0. The minimum Gasteiger partial charge on any atom is -0.481 e. The second kappa shape index (κ2) is 44.5. The summed E-state index contributed by atoms with van der Waals surface area (Å²) in [6, 6.07) is -14.8. The second-order valence-electron chi connectivity index (χ2n) is 21.3. The van der Waals surface area contributed by atoms with Crippen molar-refractivity contribution in [1.29, 1.82) is 10.8 Å². The minimum atomic E-state index is -2.02. The summed E-state index contributed by atoms with van der Waals surface area (Å²) < 4.78 is 0. The molecule has 0 unspecified atom stereocenters. The first kappa shape index (κ1) is 79.1. The molecule has 87 heavy (non-hydrogen) atoms. The molecule has 0 radical (unpaired) electrons. The quantitative estimate of drug-likeness (QED) is 0.0155. The number of carbonyl (C=O) groups is 12. The van der Waals surface area contributed by atoms with Crippen molar-refractivity contribution in [2.45, 2.75) is 230 Å². The lowest BCUT2D eigenvalue weighted by atomic mass is 10.0. The third-order valence-electron chi connectivity index (χ3n) is 13.5. The molecule has 11 amide bonds. The van der Waals surface area contributed by atoms with E-state index in [1.54, 1.807) is 0 Å². The fourth-order valence-electron chi connectivity index (χ4n) is 8.52. The zero-order valence-electron chi connectivity index (χ0n) is 51.0. The van der Waals surface area contributed by atoms with Crippen molar-refractivity contribution in [3.63, 3.8) is 0 Å². The Morgan fingerprint density at radius 3 is 1.22 bits per heavy atom. The molecule has 0 saturated heterocycles. The Hall–Kier alpha value is -7.94. The van der Waals surface area contributed by atoms with Crippen molar-refractivity contribution in [3.05, 3.63) is 0 Å². The molecule has 0 spiro atoms. The largest absolute Gasteiger partial charge is 0.481 e. The van der Waals surface area contributed by atoms with Crippen LogP contribution in [-0.2, 0) is 57.5 Å². The number of guanidine groups is 2. The van der Waals surface area contributed by atoms with Crippen molar-refractivity contribution in [2.24, 2.45) is 17.2 Å². The van der Waals surface area contributed by atoms with Crippen LogP contribution < -0.4 is 81.0 Å². The molecule has 24 N–H and O–H groups in total. The van der Waals surface area contributed by atoms with E-state index in [1.807, 2.05) is 0 Å². The Bertz CT molecular complexity index is 2260. The fraction of sp³-hybridized carbons (Fsp3) is 0.741. The van der Waals surface area contributed by atoms with Gasteiger partial charge in [0.15, 0.2) is 11.9 Å². The molecule has 0 aromatic rings. The molecular formula is C54H99N17O16. The smallest absolute Gasteiger partial charge is 0.305 e. The van der Waals surface area contributed by atoms with Crippen LogP contribution in [0.4, 0.5) is 0 Å². The number of aliphatic carboxylic acids is 1. The van der Waals surface area contributed by atoms with Crippen LogP contribution in [0.25, 0.3) is 0 Å². The summed E-state index contributed by atoms with van der Waals surface area (Å²) in [5.74, 6) is -13.7. The number of carboxylic acid groups (broad SMARTS) is 1. The SMILES string of the molecule is CCCCCCCCCCCCCCCC(=O)N[C@H](C(=O)N[C@@H](CC(N)=O)C(=O)N[C@@H](C)C(=O)N[C@@H](C)C(=O)N[C@@H](CCCNC(=N)N)C(=O)N[C@@H](CO)C(=O)N[C@@H](CC(=O)O)C(=O)N[C@H](C(=O)N[C@@H](CCCNC(=N)N)C(=O)NC)[C@@H](C)O)[C@@H](C)O. The molecule has 0 bridgehead atoms. The highest BCUT2D eigenvalue weighted by atomic mass is 16.4. The van der Waals surface area contributed by atoms with Crippen LogP contribution in [0.15, 0.2) is 0 Å². The Labute approximate surface area is 507 Å². The number of nitrogens with one attached hydrogen (secondary N) is 14. The molecule has 0 aliphatic rings. The van der Waals surface area contributed by atoms with Gasteiger partial charge >= 0.3 is 5.97 Å². The highest BCUT2D eigenvalue weighted by Gasteiger charge is 2.36. The first-order valence-corrected chi connectivity index (χ1v) is 29.6. The van der Waals surface area contributed by atoms with Gasteiger partial charge in [0.05, 0.1) is 31.7 Å². The average Bonchev–Trinajstić information content (AvgIpc) is 3.42. The van der Waals surface area contributed by atoms with Gasteiger partial charge in [-0.25, -0.2) is 0 Å². The van der Waals surface area contributed by atoms with E-state index in [2.05, 4.69) is 70.7 Å². The Kier molecular flexibility index (Phi) is 40.4. The van der Waals surface area contributed by atoms with E-state index >= 15 is 0 Å². The molecule has 0 aromatic carbocycles. The predicted molar refractivity (Wildman–Crippen MR) is 318 cm³/mol. The molecule has 0 fully saturated rings. The van der Waals surface area contributed by atoms with E-state index in [-0.39, 0.29) is 51.2 Å². The van der Waals surface area contributed by atoms with E-state index < -0.39 is 163 Å². The summed E-state index contributed by atoms with van der Waals surface area (Å²) in [5, 5.41) is 83.4. The molecule has 33 nitrogen and oxygen atoms in total. The highest BCUT2D eigenvalue weighted by Crippen LogP contribution is 2.14. The molecule has 0 heterocycles. The third-order valence-corrected chi connectivity index (χ3v) is 13.5. The predicted octanol–water partition coefficient (Wildman–Crippen LogP) is -4.75. The van der Waals surface area contributed by atoms with Crippen LogP contribution in [0.5, 0.6) is 0 Å². The van der Waals surface area contributed by atoms with Crippen molar-refractivity contribution in [2.75, 3.05) is 26.7 Å². The lowest BCUT2D eigenvalue weighted by molar-refractivity contribution is -0.142. The molecule has 0 saturated carbocycles. The summed E-state index contributed by atoms with van der Waals surface area (Å²) in [5.41, 5.74) is 16.0. The van der Waals surface area contributed by atoms with Gasteiger partial charge in [0, 0.05) is 26.6 Å². The number of aliphatic hydroxyl groups is 3. The number of aliphatic hydroxyl groups excluding tert-OH is 3. The number of carbonyl (C=O) groups excluding carboxylic acids is 11. The van der Waals surface area contributed by atoms with Gasteiger partial charge in [0.25, 0.3) is 0 Å². The Morgan fingerprint density at radius 1 is 0.425 bits per heavy atom. The standard InChI is InChI=1S/C54H99N17O16/c1-7-8-9-10-11-12-13-14-15-16-17-18-19-24-40(76)70-42(32(4)73)51(86)68-36(27-39(55)75)48(83)64-30(2)44(79)63-31(3)45(80)65-35(23-21-26-62-54(58)59)47(82)69-38(29-72)50(85)67-37(28-41(77)78)49(84)71-43(33(5)74)52(87)66-34(46(81)60-6)22-20-25-61-53(56)57/h30-38,42-43,72-74H,7-29H2,1-6H3,(H2,55,75)(H,60,81)(H,63,79)(H,64,83)(H,65,80)(H,66,87)(H,67,85)(H,68,86)(H,69,82)(H,70,76)(H,71,84)(H,77,78)(H4,56,57,61)(H4,58,59,62)/t30-,31-,32+,33+,34-,35-,36-,37-,38-,42-,43-/m0/s1. The van der Waals surface area contributed by atoms with Gasteiger partial charge in [0.1, 0.15) is 54.4 Å². The summed E-state index contributed by atoms with van der Waals surface area (Å²) in [6.07, 6.45) is 9.33. The van der Waals surface area contributed by atoms with E-state index in [0.717, 1.165) is 39.0 Å². The highest BCUT2D eigenvalue weighted by molar-refractivity contribution is 6.00. The van der Waals surface area contributed by atoms with E-state index in [0.29, 0.717) is 6.42 Å². The lowest BCUT2D eigenvalue weighted by Gasteiger charge is -2.27. The monoisotopic (exact) mass is 1240 g/mol. The van der Waals surface area contributed by atoms with Crippen molar-refractivity contribution < 1.29 is 78.0 Å². The van der Waals surface area contributed by atoms with Gasteiger partial charge in [-0.2, -0.15) is 0 Å². The number of unbranched alkanes of at least 4 members (excludes halogenated alkanes) is 12. The number of hydrogen-bond donors (Lipinski definition) is 21. The molecule has 0 aliphatic carbocycles. The summed E-state index contributed by atoms with van der Waals surface area (Å²) in [4.78, 5) is 157. The maximum absolute atomic E-state index is 13.8. The van der Waals surface area contributed by atoms with Gasteiger partial charge in [-0.3, -0.25) is 68.4 Å². The van der Waals surface area contributed by atoms with Gasteiger partial charge in [-0.15, -0.1) is 0 Å². The van der Waals surface area contributed by atoms with Crippen LogP contribution >= 0.6 is 0 Å². The van der Waals surface area contributed by atoms with Crippen molar-refractivity contribution in [1.82, 2.24) is 63.8 Å².